The quantitative estimate of drug-likeness (QED) is 0.529. The number of rotatable bonds is 7. The molecule has 0 aliphatic heterocycles. The third kappa shape index (κ3) is 5.18. The molecule has 0 radical (unpaired) electrons. The van der Waals surface area contributed by atoms with Crippen LogP contribution in [0.3, 0.4) is 0 Å². The molecule has 2 aromatic carbocycles. The third-order valence-corrected chi connectivity index (χ3v) is 5.53. The van der Waals surface area contributed by atoms with E-state index in [9.17, 15) is 18.4 Å². The van der Waals surface area contributed by atoms with Crippen LogP contribution in [0.25, 0.3) is 0 Å². The Hall–Kier alpha value is -3.04. The van der Waals surface area contributed by atoms with Crippen LogP contribution in [0.2, 0.25) is 0 Å². The number of halogens is 3. The number of aromatic nitrogens is 1. The smallest absolute Gasteiger partial charge is 0.269 e. The number of hydrogen-bond acceptors (Lipinski definition) is 4. The third-order valence-electron chi connectivity index (χ3n) is 4.80. The molecule has 1 unspecified atom stereocenters. The molecule has 1 aromatic heterocycles. The highest BCUT2D eigenvalue weighted by Crippen LogP contribution is 2.24. The number of carbonyl (C=O) groups excluding carboxylic acids is 1. The van der Waals surface area contributed by atoms with E-state index < -0.39 is 23.6 Å². The van der Waals surface area contributed by atoms with Crippen molar-refractivity contribution < 1.29 is 18.3 Å². The van der Waals surface area contributed by atoms with Crippen molar-refractivity contribution in [3.8, 4) is 5.75 Å². The molecule has 0 aliphatic rings. The largest absolute Gasteiger partial charge is 0.487 e. The highest BCUT2D eigenvalue weighted by atomic mass is 79.9. The Morgan fingerprint density at radius 2 is 1.84 bits per heavy atom. The van der Waals surface area contributed by atoms with Gasteiger partial charge in [0.2, 0.25) is 5.91 Å². The molecule has 3 aromatic rings. The normalized spacial score (nSPS) is 11.9. The van der Waals surface area contributed by atoms with Crippen LogP contribution in [-0.2, 0) is 17.9 Å². The van der Waals surface area contributed by atoms with Crippen LogP contribution in [0.1, 0.15) is 28.4 Å². The van der Waals surface area contributed by atoms with E-state index >= 15 is 0 Å². The van der Waals surface area contributed by atoms with Gasteiger partial charge in [0, 0.05) is 23.4 Å². The lowest BCUT2D eigenvalue weighted by Crippen LogP contribution is -2.28. The zero-order valence-electron chi connectivity index (χ0n) is 16.6. The average molecular weight is 492 g/mol. The molecule has 0 saturated carbocycles. The van der Waals surface area contributed by atoms with Crippen molar-refractivity contribution in [2.75, 3.05) is 0 Å². The maximum absolute atomic E-state index is 13.8. The molecule has 3 rings (SSSR count). The van der Waals surface area contributed by atoms with Gasteiger partial charge < -0.3 is 20.8 Å². The molecule has 4 N–H and O–H groups in total. The molecule has 6 nitrogen and oxygen atoms in total. The van der Waals surface area contributed by atoms with Gasteiger partial charge in [0.1, 0.15) is 34.5 Å². The Kier molecular flexibility index (Phi) is 6.87. The lowest BCUT2D eigenvalue weighted by atomic mass is 10.0. The fourth-order valence-corrected chi connectivity index (χ4v) is 3.43. The summed E-state index contributed by atoms with van der Waals surface area (Å²) in [5, 5.41) is 0. The molecule has 1 heterocycles. The molecule has 0 saturated heterocycles. The van der Waals surface area contributed by atoms with Gasteiger partial charge in [0.25, 0.3) is 5.56 Å². The second-order valence-electron chi connectivity index (χ2n) is 7.00. The van der Waals surface area contributed by atoms with E-state index in [1.54, 1.807) is 41.8 Å². The van der Waals surface area contributed by atoms with Crippen molar-refractivity contribution in [3.05, 3.63) is 97.4 Å². The van der Waals surface area contributed by atoms with Crippen molar-refractivity contribution in [2.24, 2.45) is 11.5 Å². The van der Waals surface area contributed by atoms with E-state index in [-0.39, 0.29) is 34.5 Å². The SMILES string of the molecule is Cc1cc(OCc2ccc(F)cc2F)c(Br)c(=O)n1Cc1ccc(C(N)C(N)=O)cc1. The minimum Gasteiger partial charge on any atom is -0.487 e. The predicted molar refractivity (Wildman–Crippen MR) is 115 cm³/mol. The number of pyridine rings is 1. The van der Waals surface area contributed by atoms with Crippen molar-refractivity contribution in [1.82, 2.24) is 4.57 Å². The first-order valence-corrected chi connectivity index (χ1v) is 10.1. The van der Waals surface area contributed by atoms with E-state index in [1.807, 2.05) is 0 Å². The number of nitrogens with two attached hydrogens (primary N) is 2. The summed E-state index contributed by atoms with van der Waals surface area (Å²) in [6.07, 6.45) is 0. The highest BCUT2D eigenvalue weighted by molar-refractivity contribution is 9.10. The Morgan fingerprint density at radius 3 is 2.45 bits per heavy atom. The standard InChI is InChI=1S/C22H20BrF2N3O3/c1-12-8-18(31-11-15-6-7-16(24)9-17(15)25)19(23)22(30)28(12)10-13-2-4-14(5-3-13)20(26)21(27)29/h2-9,20H,10-11,26H2,1H3,(H2,27,29). The van der Waals surface area contributed by atoms with Crippen LogP contribution in [0.5, 0.6) is 5.75 Å². The Labute approximate surface area is 185 Å². The molecule has 0 aliphatic carbocycles. The molecule has 9 heteroatoms. The van der Waals surface area contributed by atoms with E-state index in [1.165, 1.54) is 6.07 Å². The van der Waals surface area contributed by atoms with Gasteiger partial charge in [0.05, 0.1) is 6.54 Å². The lowest BCUT2D eigenvalue weighted by Gasteiger charge is -2.15. The van der Waals surface area contributed by atoms with Crippen LogP contribution in [-0.4, -0.2) is 10.5 Å². The molecule has 0 spiro atoms. The molecule has 0 fully saturated rings. The molecule has 0 bridgehead atoms. The average Bonchev–Trinajstić information content (AvgIpc) is 2.73. The maximum Gasteiger partial charge on any atom is 0.269 e. The Morgan fingerprint density at radius 1 is 1.16 bits per heavy atom. The maximum atomic E-state index is 13.8. The van der Waals surface area contributed by atoms with Gasteiger partial charge >= 0.3 is 0 Å². The summed E-state index contributed by atoms with van der Waals surface area (Å²) in [5.41, 5.74) is 12.8. The summed E-state index contributed by atoms with van der Waals surface area (Å²) in [4.78, 5) is 24.0. The monoisotopic (exact) mass is 491 g/mol. The van der Waals surface area contributed by atoms with Crippen molar-refractivity contribution in [3.63, 3.8) is 0 Å². The van der Waals surface area contributed by atoms with Crippen molar-refractivity contribution in [2.45, 2.75) is 26.1 Å². The van der Waals surface area contributed by atoms with Gasteiger partial charge in [0.15, 0.2) is 0 Å². The number of benzene rings is 2. The van der Waals surface area contributed by atoms with Crippen LogP contribution < -0.4 is 21.8 Å². The number of aryl methyl sites for hydroxylation is 1. The van der Waals surface area contributed by atoms with Gasteiger partial charge in [-0.2, -0.15) is 0 Å². The number of nitrogens with zero attached hydrogens (tertiary/aromatic N) is 1. The van der Waals surface area contributed by atoms with E-state index in [0.29, 0.717) is 11.3 Å². The van der Waals surface area contributed by atoms with Crippen LogP contribution in [0.15, 0.2) is 57.8 Å². The van der Waals surface area contributed by atoms with Crippen LogP contribution >= 0.6 is 15.9 Å². The Bertz CT molecular complexity index is 1180. The topological polar surface area (TPSA) is 100 Å². The fraction of sp³-hybridized carbons (Fsp3) is 0.182. The zero-order valence-corrected chi connectivity index (χ0v) is 18.2. The van der Waals surface area contributed by atoms with Gasteiger partial charge in [-0.3, -0.25) is 9.59 Å². The van der Waals surface area contributed by atoms with Crippen molar-refractivity contribution in [1.29, 1.82) is 0 Å². The summed E-state index contributed by atoms with van der Waals surface area (Å²) < 4.78 is 34.2. The van der Waals surface area contributed by atoms with Crippen LogP contribution in [0.4, 0.5) is 8.78 Å². The zero-order chi connectivity index (χ0) is 22.7. The van der Waals surface area contributed by atoms with E-state index in [4.69, 9.17) is 16.2 Å². The summed E-state index contributed by atoms with van der Waals surface area (Å²) in [6.45, 7) is 1.87. The summed E-state index contributed by atoms with van der Waals surface area (Å²) >= 11 is 3.25. The summed E-state index contributed by atoms with van der Waals surface area (Å²) in [6, 6.07) is 10.9. The molecule has 1 atom stereocenters. The minimum atomic E-state index is -0.893. The number of ether oxygens (including phenoxy) is 1. The van der Waals surface area contributed by atoms with Crippen LogP contribution in [0, 0.1) is 18.6 Å². The molecule has 31 heavy (non-hydrogen) atoms. The summed E-state index contributed by atoms with van der Waals surface area (Å²) in [5.74, 6) is -1.77. The number of carbonyl (C=O) groups is 1. The first kappa shape index (κ1) is 22.6. The Balaban J connectivity index is 1.79. The first-order valence-electron chi connectivity index (χ1n) is 9.27. The van der Waals surface area contributed by atoms with E-state index in [0.717, 1.165) is 17.7 Å². The highest BCUT2D eigenvalue weighted by Gasteiger charge is 2.15. The number of amides is 1. The number of primary amides is 1. The summed E-state index contributed by atoms with van der Waals surface area (Å²) in [7, 11) is 0. The second-order valence-corrected chi connectivity index (χ2v) is 7.79. The second kappa shape index (κ2) is 9.40. The minimum absolute atomic E-state index is 0.158. The predicted octanol–water partition coefficient (Wildman–Crippen LogP) is 3.31. The number of hydrogen-bond donors (Lipinski definition) is 2. The lowest BCUT2D eigenvalue weighted by molar-refractivity contribution is -0.119. The molecule has 1 amide bonds. The first-order chi connectivity index (χ1) is 14.7. The van der Waals surface area contributed by atoms with E-state index in [2.05, 4.69) is 15.9 Å². The van der Waals surface area contributed by atoms with Gasteiger partial charge in [-0.15, -0.1) is 0 Å². The van der Waals surface area contributed by atoms with Gasteiger partial charge in [-0.1, -0.05) is 24.3 Å². The van der Waals surface area contributed by atoms with Gasteiger partial charge in [-0.05, 0) is 46.1 Å². The molecular weight excluding hydrogens is 472 g/mol. The van der Waals surface area contributed by atoms with Crippen molar-refractivity contribution >= 4 is 21.8 Å². The van der Waals surface area contributed by atoms with Gasteiger partial charge in [-0.25, -0.2) is 8.78 Å². The fourth-order valence-electron chi connectivity index (χ4n) is 2.99. The molecular formula is C22H20BrF2N3O3. The molecule has 162 valence electrons.